The molecule has 0 unspecified atom stereocenters. The third-order valence-corrected chi connectivity index (χ3v) is 2.89. The highest BCUT2D eigenvalue weighted by Crippen LogP contribution is 2.18. The van der Waals surface area contributed by atoms with Gasteiger partial charge in [-0.2, -0.15) is 5.26 Å². The van der Waals surface area contributed by atoms with Gasteiger partial charge < -0.3 is 4.74 Å². The minimum atomic E-state index is -0.408. The van der Waals surface area contributed by atoms with Gasteiger partial charge in [-0.25, -0.2) is 4.79 Å². The Kier molecular flexibility index (Phi) is 5.71. The van der Waals surface area contributed by atoms with Gasteiger partial charge in [-0.15, -0.1) is 0 Å². The molecule has 0 aromatic heterocycles. The second-order valence-corrected chi connectivity index (χ2v) is 4.26. The SMILES string of the molecule is CCOC(=O)c1c(C#N)cccc1CCCBr. The monoisotopic (exact) mass is 295 g/mol. The van der Waals surface area contributed by atoms with E-state index in [9.17, 15) is 4.79 Å². The molecule has 0 atom stereocenters. The third-order valence-electron chi connectivity index (χ3n) is 2.33. The van der Waals surface area contributed by atoms with Gasteiger partial charge >= 0.3 is 5.97 Å². The van der Waals surface area contributed by atoms with Crippen molar-refractivity contribution in [2.24, 2.45) is 0 Å². The highest BCUT2D eigenvalue weighted by Gasteiger charge is 2.16. The first kappa shape index (κ1) is 13.7. The van der Waals surface area contributed by atoms with Crippen LogP contribution in [-0.4, -0.2) is 17.9 Å². The quantitative estimate of drug-likeness (QED) is 0.620. The van der Waals surface area contributed by atoms with Crippen LogP contribution in [0, 0.1) is 11.3 Å². The van der Waals surface area contributed by atoms with Crippen molar-refractivity contribution in [2.45, 2.75) is 19.8 Å². The van der Waals surface area contributed by atoms with Crippen LogP contribution in [0.5, 0.6) is 0 Å². The van der Waals surface area contributed by atoms with Gasteiger partial charge in [0, 0.05) is 5.33 Å². The number of ether oxygens (including phenoxy) is 1. The predicted octanol–water partition coefficient (Wildman–Crippen LogP) is 3.06. The Hall–Kier alpha value is -1.34. The summed E-state index contributed by atoms with van der Waals surface area (Å²) in [5, 5.41) is 9.89. The van der Waals surface area contributed by atoms with Crippen molar-refractivity contribution in [3.05, 3.63) is 34.9 Å². The molecule has 0 amide bonds. The molecule has 0 saturated heterocycles. The molecule has 0 fully saturated rings. The Morgan fingerprint density at radius 1 is 1.53 bits per heavy atom. The topological polar surface area (TPSA) is 50.1 Å². The van der Waals surface area contributed by atoms with E-state index in [2.05, 4.69) is 15.9 Å². The van der Waals surface area contributed by atoms with Crippen molar-refractivity contribution >= 4 is 21.9 Å². The van der Waals surface area contributed by atoms with Crippen molar-refractivity contribution in [1.82, 2.24) is 0 Å². The summed E-state index contributed by atoms with van der Waals surface area (Å²) in [4.78, 5) is 11.8. The number of carbonyl (C=O) groups excluding carboxylic acids is 1. The number of aryl methyl sites for hydroxylation is 1. The van der Waals surface area contributed by atoms with Crippen molar-refractivity contribution in [3.8, 4) is 6.07 Å². The van der Waals surface area contributed by atoms with Gasteiger partial charge in [-0.3, -0.25) is 0 Å². The molecular weight excluding hydrogens is 282 g/mol. The normalized spacial score (nSPS) is 9.71. The van der Waals surface area contributed by atoms with E-state index in [0.29, 0.717) is 17.7 Å². The second kappa shape index (κ2) is 7.08. The first-order valence-electron chi connectivity index (χ1n) is 5.49. The zero-order chi connectivity index (χ0) is 12.7. The van der Waals surface area contributed by atoms with Gasteiger partial charge in [-0.05, 0) is 31.4 Å². The summed E-state index contributed by atoms with van der Waals surface area (Å²) in [7, 11) is 0. The van der Waals surface area contributed by atoms with Crippen molar-refractivity contribution < 1.29 is 9.53 Å². The maximum Gasteiger partial charge on any atom is 0.339 e. The summed E-state index contributed by atoms with van der Waals surface area (Å²) in [6.45, 7) is 2.07. The molecule has 1 aromatic carbocycles. The number of hydrogen-bond donors (Lipinski definition) is 0. The number of nitrogens with zero attached hydrogens (tertiary/aromatic N) is 1. The average Bonchev–Trinajstić information content (AvgIpc) is 2.35. The molecule has 90 valence electrons. The minimum absolute atomic E-state index is 0.316. The summed E-state index contributed by atoms with van der Waals surface area (Å²) < 4.78 is 4.99. The van der Waals surface area contributed by atoms with E-state index in [1.54, 1.807) is 19.1 Å². The molecule has 0 radical (unpaired) electrons. The van der Waals surface area contributed by atoms with Crippen molar-refractivity contribution in [1.29, 1.82) is 5.26 Å². The minimum Gasteiger partial charge on any atom is -0.462 e. The fourth-order valence-corrected chi connectivity index (χ4v) is 1.88. The Morgan fingerprint density at radius 2 is 2.29 bits per heavy atom. The molecule has 4 heteroatoms. The Labute approximate surface area is 110 Å². The van der Waals surface area contributed by atoms with E-state index >= 15 is 0 Å². The standard InChI is InChI=1S/C13H14BrNO2/c1-2-17-13(16)12-10(7-4-8-14)5-3-6-11(12)9-15/h3,5-6H,2,4,7-8H2,1H3. The Bertz CT molecular complexity index is 438. The number of nitriles is 1. The van der Waals surface area contributed by atoms with E-state index in [-0.39, 0.29) is 0 Å². The van der Waals surface area contributed by atoms with Crippen LogP contribution in [0.3, 0.4) is 0 Å². The molecule has 3 nitrogen and oxygen atoms in total. The van der Waals surface area contributed by atoms with Crippen LogP contribution in [0.1, 0.15) is 34.8 Å². The molecule has 1 rings (SSSR count). The molecule has 0 heterocycles. The number of carbonyl (C=O) groups is 1. The average molecular weight is 296 g/mol. The molecule has 0 aliphatic heterocycles. The number of halogens is 1. The number of rotatable bonds is 5. The lowest BCUT2D eigenvalue weighted by Gasteiger charge is -2.09. The summed E-state index contributed by atoms with van der Waals surface area (Å²) in [5.74, 6) is -0.408. The molecule has 0 aliphatic rings. The van der Waals surface area contributed by atoms with Gasteiger partial charge in [0.25, 0.3) is 0 Å². The number of hydrogen-bond acceptors (Lipinski definition) is 3. The van der Waals surface area contributed by atoms with Crippen LogP contribution >= 0.6 is 15.9 Å². The molecule has 1 aromatic rings. The lowest BCUT2D eigenvalue weighted by Crippen LogP contribution is -2.10. The fraction of sp³-hybridized carbons (Fsp3) is 0.385. The van der Waals surface area contributed by atoms with Gasteiger partial charge in [-0.1, -0.05) is 28.1 Å². The largest absolute Gasteiger partial charge is 0.462 e. The second-order valence-electron chi connectivity index (χ2n) is 3.46. The smallest absolute Gasteiger partial charge is 0.339 e. The van der Waals surface area contributed by atoms with Crippen LogP contribution in [0.25, 0.3) is 0 Å². The zero-order valence-electron chi connectivity index (χ0n) is 9.70. The fourth-order valence-electron chi connectivity index (χ4n) is 1.60. The van der Waals surface area contributed by atoms with Gasteiger partial charge in [0.05, 0.1) is 17.7 Å². The summed E-state index contributed by atoms with van der Waals surface area (Å²) in [5.41, 5.74) is 1.68. The van der Waals surface area contributed by atoms with E-state index < -0.39 is 5.97 Å². The predicted molar refractivity (Wildman–Crippen MR) is 69.2 cm³/mol. The van der Waals surface area contributed by atoms with Gasteiger partial charge in [0.1, 0.15) is 6.07 Å². The molecule has 0 aliphatic carbocycles. The highest BCUT2D eigenvalue weighted by molar-refractivity contribution is 9.09. The lowest BCUT2D eigenvalue weighted by atomic mass is 9.98. The van der Waals surface area contributed by atoms with Crippen LogP contribution in [0.15, 0.2) is 18.2 Å². The summed E-state index contributed by atoms with van der Waals surface area (Å²) in [6, 6.07) is 7.35. The molecule has 0 spiro atoms. The molecule has 0 N–H and O–H groups in total. The maximum absolute atomic E-state index is 11.8. The first-order chi connectivity index (χ1) is 8.24. The van der Waals surface area contributed by atoms with E-state index in [4.69, 9.17) is 10.00 Å². The number of benzene rings is 1. The van der Waals surface area contributed by atoms with Crippen LogP contribution in [0.4, 0.5) is 0 Å². The van der Waals surface area contributed by atoms with Gasteiger partial charge in [0.2, 0.25) is 0 Å². The molecule has 0 bridgehead atoms. The Balaban J connectivity index is 3.12. The molecule has 17 heavy (non-hydrogen) atoms. The number of alkyl halides is 1. The molecule has 0 saturated carbocycles. The van der Waals surface area contributed by atoms with Gasteiger partial charge in [0.15, 0.2) is 0 Å². The van der Waals surface area contributed by atoms with Crippen molar-refractivity contribution in [2.75, 3.05) is 11.9 Å². The highest BCUT2D eigenvalue weighted by atomic mass is 79.9. The first-order valence-corrected chi connectivity index (χ1v) is 6.61. The van der Waals surface area contributed by atoms with Crippen molar-refractivity contribution in [3.63, 3.8) is 0 Å². The summed E-state index contributed by atoms with van der Waals surface area (Å²) in [6.07, 6.45) is 1.68. The lowest BCUT2D eigenvalue weighted by molar-refractivity contribution is 0.0524. The third kappa shape index (κ3) is 3.57. The summed E-state index contributed by atoms with van der Waals surface area (Å²) >= 11 is 3.35. The number of esters is 1. The maximum atomic E-state index is 11.8. The molecular formula is C13H14BrNO2. The zero-order valence-corrected chi connectivity index (χ0v) is 11.3. The van der Waals surface area contributed by atoms with Crippen LogP contribution < -0.4 is 0 Å². The van der Waals surface area contributed by atoms with E-state index in [0.717, 1.165) is 23.7 Å². The van der Waals surface area contributed by atoms with E-state index in [1.165, 1.54) is 0 Å². The van der Waals surface area contributed by atoms with Crippen LogP contribution in [0.2, 0.25) is 0 Å². The van der Waals surface area contributed by atoms with E-state index in [1.807, 2.05) is 12.1 Å². The Morgan fingerprint density at radius 3 is 2.88 bits per heavy atom. The van der Waals surface area contributed by atoms with Crippen LogP contribution in [-0.2, 0) is 11.2 Å².